The summed E-state index contributed by atoms with van der Waals surface area (Å²) in [4.78, 5) is 37.3. The lowest BCUT2D eigenvalue weighted by Gasteiger charge is -2.40. The molecule has 0 radical (unpaired) electrons. The number of esters is 1. The second-order valence-corrected chi connectivity index (χ2v) is 10.6. The first-order chi connectivity index (χ1) is 20.5. The largest absolute Gasteiger partial charge is 0.507 e. The summed E-state index contributed by atoms with van der Waals surface area (Å²) in [7, 11) is 1.39. The van der Waals surface area contributed by atoms with Crippen molar-refractivity contribution in [1.29, 1.82) is 0 Å². The van der Waals surface area contributed by atoms with E-state index in [1.165, 1.54) is 7.11 Å². The number of H-pyrrole nitrogens is 1. The van der Waals surface area contributed by atoms with Crippen molar-refractivity contribution < 1.29 is 19.4 Å². The Morgan fingerprint density at radius 3 is 2.50 bits per heavy atom. The fourth-order valence-corrected chi connectivity index (χ4v) is 5.61. The van der Waals surface area contributed by atoms with Gasteiger partial charge in [-0.3, -0.25) is 19.5 Å². The number of aromatic amines is 1. The van der Waals surface area contributed by atoms with Gasteiger partial charge in [0.05, 0.1) is 19.2 Å². The number of rotatable bonds is 7. The van der Waals surface area contributed by atoms with Crippen molar-refractivity contribution in [2.45, 2.75) is 19.0 Å². The molecule has 212 valence electrons. The van der Waals surface area contributed by atoms with Crippen LogP contribution in [0.15, 0.2) is 97.3 Å². The number of benzene rings is 3. The molecule has 1 fully saturated rings. The SMILES string of the molecule is COC(=O)C1CN(C(=O)Cc2ccc(-c3cccc(-c4cc5cnccc5[nH]4)c3O)cc2)CCN1Cc1ccccc1. The maximum absolute atomic E-state index is 13.3. The van der Waals surface area contributed by atoms with Crippen LogP contribution in [0.2, 0.25) is 0 Å². The van der Waals surface area contributed by atoms with Gasteiger partial charge in [-0.1, -0.05) is 66.7 Å². The Labute approximate surface area is 244 Å². The Kier molecular flexibility index (Phi) is 7.70. The molecule has 1 atom stereocenters. The zero-order valence-electron chi connectivity index (χ0n) is 23.4. The number of phenols is 1. The van der Waals surface area contributed by atoms with Gasteiger partial charge >= 0.3 is 5.97 Å². The highest BCUT2D eigenvalue weighted by Crippen LogP contribution is 2.38. The van der Waals surface area contributed by atoms with Crippen LogP contribution in [-0.2, 0) is 27.3 Å². The number of piperazine rings is 1. The number of aromatic nitrogens is 2. The Balaban J connectivity index is 1.14. The fourth-order valence-electron chi connectivity index (χ4n) is 5.61. The number of carbonyl (C=O) groups excluding carboxylic acids is 2. The molecule has 2 aromatic heterocycles. The lowest BCUT2D eigenvalue weighted by Crippen LogP contribution is -2.57. The van der Waals surface area contributed by atoms with E-state index < -0.39 is 6.04 Å². The predicted molar refractivity (Wildman–Crippen MR) is 162 cm³/mol. The quantitative estimate of drug-likeness (QED) is 0.271. The Bertz CT molecular complexity index is 1680. The Morgan fingerprint density at radius 1 is 0.952 bits per heavy atom. The lowest BCUT2D eigenvalue weighted by molar-refractivity contribution is -0.152. The number of hydrogen-bond donors (Lipinski definition) is 2. The molecule has 5 aromatic rings. The smallest absolute Gasteiger partial charge is 0.324 e. The molecule has 1 aliphatic heterocycles. The van der Waals surface area contributed by atoms with Crippen LogP contribution in [-0.4, -0.2) is 69.5 Å². The number of fused-ring (bicyclic) bond motifs is 1. The summed E-state index contributed by atoms with van der Waals surface area (Å²) in [6, 6.07) is 26.7. The summed E-state index contributed by atoms with van der Waals surface area (Å²) < 4.78 is 5.08. The molecule has 6 rings (SSSR count). The van der Waals surface area contributed by atoms with Gasteiger partial charge in [-0.25, -0.2) is 0 Å². The summed E-state index contributed by atoms with van der Waals surface area (Å²) in [6.45, 7) is 2.04. The Hall–Kier alpha value is -4.95. The molecule has 42 heavy (non-hydrogen) atoms. The van der Waals surface area contributed by atoms with E-state index in [0.717, 1.165) is 33.3 Å². The van der Waals surface area contributed by atoms with Crippen molar-refractivity contribution in [2.24, 2.45) is 0 Å². The van der Waals surface area contributed by atoms with E-state index in [0.29, 0.717) is 37.3 Å². The normalized spacial score (nSPS) is 15.5. The van der Waals surface area contributed by atoms with Gasteiger partial charge in [0.25, 0.3) is 0 Å². The van der Waals surface area contributed by atoms with Crippen LogP contribution in [0.1, 0.15) is 11.1 Å². The molecule has 8 heteroatoms. The minimum absolute atomic E-state index is 0.0332. The number of phenolic OH excluding ortho intramolecular Hbond substituents is 1. The summed E-state index contributed by atoms with van der Waals surface area (Å²) in [5, 5.41) is 12.1. The van der Waals surface area contributed by atoms with Crippen LogP contribution in [0.3, 0.4) is 0 Å². The monoisotopic (exact) mass is 560 g/mol. The first kappa shape index (κ1) is 27.2. The van der Waals surface area contributed by atoms with Crippen LogP contribution in [0.25, 0.3) is 33.3 Å². The zero-order chi connectivity index (χ0) is 29.1. The highest BCUT2D eigenvalue weighted by atomic mass is 16.5. The number of amides is 1. The van der Waals surface area contributed by atoms with Crippen molar-refractivity contribution in [1.82, 2.24) is 19.8 Å². The molecular weight excluding hydrogens is 528 g/mol. The molecule has 1 aliphatic rings. The average molecular weight is 561 g/mol. The van der Waals surface area contributed by atoms with Crippen LogP contribution in [0.5, 0.6) is 5.75 Å². The molecule has 1 amide bonds. The molecule has 1 saturated heterocycles. The number of para-hydroxylation sites is 1. The number of pyridine rings is 1. The maximum Gasteiger partial charge on any atom is 0.324 e. The molecule has 0 saturated carbocycles. The number of methoxy groups -OCH3 is 1. The molecule has 3 aromatic carbocycles. The maximum atomic E-state index is 13.3. The summed E-state index contributed by atoms with van der Waals surface area (Å²) in [5.74, 6) is -0.184. The summed E-state index contributed by atoms with van der Waals surface area (Å²) >= 11 is 0. The van der Waals surface area contributed by atoms with Crippen LogP contribution >= 0.6 is 0 Å². The van der Waals surface area contributed by atoms with Gasteiger partial charge in [0.2, 0.25) is 5.91 Å². The average Bonchev–Trinajstić information content (AvgIpc) is 3.46. The number of nitrogens with one attached hydrogen (secondary N) is 1. The Morgan fingerprint density at radius 2 is 1.74 bits per heavy atom. The van der Waals surface area contributed by atoms with Crippen molar-refractivity contribution in [3.8, 4) is 28.1 Å². The van der Waals surface area contributed by atoms with Crippen LogP contribution in [0.4, 0.5) is 0 Å². The molecule has 0 aliphatic carbocycles. The van der Waals surface area contributed by atoms with E-state index in [4.69, 9.17) is 4.74 Å². The van der Waals surface area contributed by atoms with E-state index in [-0.39, 0.29) is 24.0 Å². The van der Waals surface area contributed by atoms with Crippen LogP contribution in [0, 0.1) is 0 Å². The third-order valence-corrected chi connectivity index (χ3v) is 7.91. The van der Waals surface area contributed by atoms with Gasteiger partial charge in [-0.2, -0.15) is 0 Å². The zero-order valence-corrected chi connectivity index (χ0v) is 23.4. The first-order valence-corrected chi connectivity index (χ1v) is 14.0. The van der Waals surface area contributed by atoms with Crippen LogP contribution < -0.4 is 0 Å². The molecule has 8 nitrogen and oxygen atoms in total. The molecule has 0 bridgehead atoms. The molecule has 2 N–H and O–H groups in total. The molecular formula is C34H32N4O4. The fraction of sp³-hybridized carbons (Fsp3) is 0.206. The van der Waals surface area contributed by atoms with Gasteiger partial charge < -0.3 is 19.7 Å². The van der Waals surface area contributed by atoms with Gasteiger partial charge in [-0.05, 0) is 34.9 Å². The molecule has 3 heterocycles. The topological polar surface area (TPSA) is 98.8 Å². The van der Waals surface area contributed by atoms with Crippen molar-refractivity contribution in [3.05, 3.63) is 108 Å². The van der Waals surface area contributed by atoms with E-state index in [1.807, 2.05) is 84.9 Å². The lowest BCUT2D eigenvalue weighted by atomic mass is 9.98. The van der Waals surface area contributed by atoms with Gasteiger partial charge in [0.1, 0.15) is 11.8 Å². The van der Waals surface area contributed by atoms with Crippen molar-refractivity contribution in [2.75, 3.05) is 26.7 Å². The van der Waals surface area contributed by atoms with Gasteiger partial charge in [0.15, 0.2) is 0 Å². The number of carbonyl (C=O) groups is 2. The summed E-state index contributed by atoms with van der Waals surface area (Å²) in [5.41, 5.74) is 6.00. The van der Waals surface area contributed by atoms with E-state index >= 15 is 0 Å². The van der Waals surface area contributed by atoms with E-state index in [2.05, 4.69) is 14.9 Å². The van der Waals surface area contributed by atoms with Crippen molar-refractivity contribution in [3.63, 3.8) is 0 Å². The first-order valence-electron chi connectivity index (χ1n) is 14.0. The summed E-state index contributed by atoms with van der Waals surface area (Å²) in [6.07, 6.45) is 3.74. The molecule has 0 spiro atoms. The minimum atomic E-state index is -0.515. The number of aromatic hydroxyl groups is 1. The minimum Gasteiger partial charge on any atom is -0.507 e. The third-order valence-electron chi connectivity index (χ3n) is 7.91. The van der Waals surface area contributed by atoms with Gasteiger partial charge in [0, 0.05) is 60.6 Å². The number of ether oxygens (including phenoxy) is 1. The highest BCUT2D eigenvalue weighted by molar-refractivity contribution is 5.89. The van der Waals surface area contributed by atoms with Gasteiger partial charge in [-0.15, -0.1) is 0 Å². The number of hydrogen-bond acceptors (Lipinski definition) is 6. The standard InChI is InChI=1S/C34H32N4O4/c1-42-34(41)31-22-38(17-16-37(31)21-24-6-3-2-4-7-24)32(39)18-23-10-12-25(13-11-23)27-8-5-9-28(33(27)40)30-19-26-20-35-15-14-29(26)36-30/h2-15,19-20,31,36,40H,16-18,21-22H2,1H3. The third kappa shape index (κ3) is 5.62. The van der Waals surface area contributed by atoms with E-state index in [1.54, 1.807) is 17.3 Å². The van der Waals surface area contributed by atoms with E-state index in [9.17, 15) is 14.7 Å². The molecule has 1 unspecified atom stereocenters. The second kappa shape index (κ2) is 11.9. The predicted octanol–water partition coefficient (Wildman–Crippen LogP) is 5.03. The highest BCUT2D eigenvalue weighted by Gasteiger charge is 2.35. The van der Waals surface area contributed by atoms with Crippen molar-refractivity contribution >= 4 is 22.8 Å². The second-order valence-electron chi connectivity index (χ2n) is 10.6. The number of nitrogens with zero attached hydrogens (tertiary/aromatic N) is 3.